The van der Waals surface area contributed by atoms with Gasteiger partial charge in [0.2, 0.25) is 17.6 Å². The molecule has 15 heteroatoms. The number of alkyl halides is 2. The van der Waals surface area contributed by atoms with E-state index in [1.165, 1.54) is 11.3 Å². The molecule has 0 spiro atoms. The van der Waals surface area contributed by atoms with Crippen LogP contribution in [0.15, 0.2) is 0 Å². The van der Waals surface area contributed by atoms with Crippen LogP contribution in [-0.4, -0.2) is 83.9 Å². The Morgan fingerprint density at radius 2 is 1.51 bits per heavy atom. The summed E-state index contributed by atoms with van der Waals surface area (Å²) in [5, 5.41) is 7.70. The number of amides is 5. The summed E-state index contributed by atoms with van der Waals surface area (Å²) >= 11 is 0. The van der Waals surface area contributed by atoms with Crippen LogP contribution in [0.4, 0.5) is 13.6 Å². The van der Waals surface area contributed by atoms with Crippen LogP contribution in [0.25, 0.3) is 0 Å². The highest BCUT2D eigenvalue weighted by molar-refractivity contribution is 7.18. The molecule has 1 saturated heterocycles. The molecule has 5 N–H and O–H groups in total. The van der Waals surface area contributed by atoms with Gasteiger partial charge in [-0.25, -0.2) is 13.6 Å². The number of rotatable bonds is 13. The standard InChI is InChI=1S/C25H39N5O7.C4H7F2P.C3H8/c1-25(2,3)20(29-24(36)27-12-18(31)37-13-15-8-9-15)23(35)30-10-4-5-17(30)22(34)28-16(11-14-6-7-14)19(32)21(26)33;5-4(6,7)3-1-2-3;1-3-2/h14-17,20H,4-13H2,1-3H3,(H2,26,33)(H,28,34)(H2,27,29,36);3H,1-2,7H2;3H2,1-2H3. The van der Waals surface area contributed by atoms with Crippen LogP contribution in [0.1, 0.15) is 98.8 Å². The van der Waals surface area contributed by atoms with E-state index in [0.717, 1.165) is 25.7 Å². The Morgan fingerprint density at radius 3 is 1.96 bits per heavy atom. The van der Waals surface area contributed by atoms with Gasteiger partial charge in [-0.2, -0.15) is 0 Å². The smallest absolute Gasteiger partial charge is 0.325 e. The average molecular weight is 690 g/mol. The first kappa shape index (κ1) is 40.3. The molecule has 5 amide bonds. The van der Waals surface area contributed by atoms with Crippen LogP contribution in [0, 0.1) is 23.2 Å². The summed E-state index contributed by atoms with van der Waals surface area (Å²) in [7, 11) is 1.56. The van der Waals surface area contributed by atoms with E-state index < -0.39 is 64.7 Å². The molecule has 4 atom stereocenters. The maximum atomic E-state index is 13.6. The van der Waals surface area contributed by atoms with Crippen LogP contribution < -0.4 is 21.7 Å². The number of esters is 1. The second kappa shape index (κ2) is 18.0. The summed E-state index contributed by atoms with van der Waals surface area (Å²) < 4.78 is 28.8. The van der Waals surface area contributed by atoms with Gasteiger partial charge in [0, 0.05) is 12.5 Å². The number of hydrogen-bond acceptors (Lipinski definition) is 7. The van der Waals surface area contributed by atoms with Crippen molar-refractivity contribution < 1.29 is 42.3 Å². The zero-order chi connectivity index (χ0) is 35.5. The minimum atomic E-state index is -2.47. The van der Waals surface area contributed by atoms with Crippen LogP contribution in [0.2, 0.25) is 0 Å². The number of carbonyl (C=O) groups is 6. The first-order valence-corrected chi connectivity index (χ1v) is 17.3. The van der Waals surface area contributed by atoms with Gasteiger partial charge in [-0.1, -0.05) is 63.1 Å². The predicted molar refractivity (Wildman–Crippen MR) is 175 cm³/mol. The van der Waals surface area contributed by atoms with E-state index in [9.17, 15) is 37.5 Å². The maximum Gasteiger partial charge on any atom is 0.325 e. The number of nitrogens with zero attached hydrogens (tertiary/aromatic N) is 1. The highest BCUT2D eigenvalue weighted by atomic mass is 31.0. The fourth-order valence-corrected chi connectivity index (χ4v) is 5.16. The number of nitrogens with two attached hydrogens (primary N) is 1. The quantitative estimate of drug-likeness (QED) is 0.130. The maximum absolute atomic E-state index is 13.6. The van der Waals surface area contributed by atoms with E-state index in [-0.39, 0.29) is 18.4 Å². The fourth-order valence-electron chi connectivity index (χ4n) is 4.82. The number of primary amides is 1. The molecule has 3 aliphatic carbocycles. The van der Waals surface area contributed by atoms with Crippen molar-refractivity contribution in [3.05, 3.63) is 0 Å². The number of ketones is 1. The third kappa shape index (κ3) is 14.8. The van der Waals surface area contributed by atoms with Gasteiger partial charge in [0.1, 0.15) is 18.6 Å². The zero-order valence-corrected chi connectivity index (χ0v) is 29.5. The van der Waals surface area contributed by atoms with Gasteiger partial charge in [-0.05, 0) is 62.2 Å². The summed E-state index contributed by atoms with van der Waals surface area (Å²) in [6, 6.07) is -3.55. The topological polar surface area (TPSA) is 177 Å². The second-order valence-corrected chi connectivity index (χ2v) is 14.8. The lowest BCUT2D eigenvalue weighted by Crippen LogP contribution is -2.60. The summed E-state index contributed by atoms with van der Waals surface area (Å²) in [5.74, 6) is -3.14. The Balaban J connectivity index is 0.000000659. The molecule has 0 bridgehead atoms. The van der Waals surface area contributed by atoms with Crippen LogP contribution in [0.3, 0.4) is 0 Å². The zero-order valence-electron chi connectivity index (χ0n) is 28.4. The molecular weight excluding hydrogens is 635 g/mol. The normalized spacial score (nSPS) is 20.3. The third-order valence-corrected chi connectivity index (χ3v) is 8.53. The van der Waals surface area contributed by atoms with Crippen LogP contribution >= 0.6 is 9.24 Å². The van der Waals surface area contributed by atoms with Crippen LogP contribution in [0.5, 0.6) is 0 Å². The van der Waals surface area contributed by atoms with E-state index >= 15 is 0 Å². The molecule has 0 aromatic carbocycles. The number of nitrogens with one attached hydrogen (secondary N) is 3. The minimum absolute atomic E-state index is 0.258. The molecular formula is C32H54F2N5O7P. The number of likely N-dealkylation sites (tertiary alicyclic amines) is 1. The second-order valence-electron chi connectivity index (χ2n) is 14.1. The summed E-state index contributed by atoms with van der Waals surface area (Å²) in [6.07, 6.45) is 7.86. The lowest BCUT2D eigenvalue weighted by molar-refractivity contribution is -0.143. The minimum Gasteiger partial charge on any atom is -0.464 e. The number of ether oxygens (including phenoxy) is 1. The highest BCUT2D eigenvalue weighted by Crippen LogP contribution is 2.47. The van der Waals surface area contributed by atoms with Crippen molar-refractivity contribution >= 4 is 44.7 Å². The summed E-state index contributed by atoms with van der Waals surface area (Å²) in [5.41, 5.74) is 1.99. The molecule has 0 aromatic rings. The highest BCUT2D eigenvalue weighted by Gasteiger charge is 2.44. The monoisotopic (exact) mass is 689 g/mol. The molecule has 12 nitrogen and oxygen atoms in total. The van der Waals surface area contributed by atoms with Gasteiger partial charge in [0.15, 0.2) is 0 Å². The lowest BCUT2D eigenvalue weighted by atomic mass is 9.85. The molecule has 4 fully saturated rings. The molecule has 4 unspecified atom stereocenters. The van der Waals surface area contributed by atoms with Crippen molar-refractivity contribution in [2.24, 2.45) is 28.9 Å². The molecule has 4 rings (SSSR count). The summed E-state index contributed by atoms with van der Waals surface area (Å²) in [6.45, 7) is 9.91. The van der Waals surface area contributed by atoms with Gasteiger partial charge in [0.05, 0.1) is 12.6 Å². The van der Waals surface area contributed by atoms with Gasteiger partial charge in [-0.3, -0.25) is 24.0 Å². The molecule has 4 aliphatic rings. The van der Waals surface area contributed by atoms with Crippen molar-refractivity contribution in [2.45, 2.75) is 123 Å². The molecule has 3 saturated carbocycles. The van der Waals surface area contributed by atoms with Crippen molar-refractivity contribution in [1.29, 1.82) is 0 Å². The Kier molecular flexibility index (Phi) is 15.5. The Labute approximate surface area is 279 Å². The summed E-state index contributed by atoms with van der Waals surface area (Å²) in [4.78, 5) is 76.2. The van der Waals surface area contributed by atoms with Crippen molar-refractivity contribution in [1.82, 2.24) is 20.9 Å². The largest absolute Gasteiger partial charge is 0.464 e. The van der Waals surface area contributed by atoms with E-state index in [4.69, 9.17) is 10.5 Å². The van der Waals surface area contributed by atoms with Crippen molar-refractivity contribution in [3.8, 4) is 0 Å². The van der Waals surface area contributed by atoms with E-state index in [1.807, 2.05) is 0 Å². The Hall–Kier alpha value is -2.89. The molecule has 0 aromatic heterocycles. The van der Waals surface area contributed by atoms with Crippen molar-refractivity contribution in [3.63, 3.8) is 0 Å². The molecule has 0 radical (unpaired) electrons. The van der Waals surface area contributed by atoms with Gasteiger partial charge >= 0.3 is 12.0 Å². The first-order valence-electron chi connectivity index (χ1n) is 16.7. The number of urea groups is 1. The predicted octanol–water partition coefficient (Wildman–Crippen LogP) is 3.26. The van der Waals surface area contributed by atoms with Crippen LogP contribution in [-0.2, 0) is 28.7 Å². The first-order chi connectivity index (χ1) is 21.9. The molecule has 1 aliphatic heterocycles. The van der Waals surface area contributed by atoms with E-state index in [1.54, 1.807) is 30.0 Å². The molecule has 1 heterocycles. The van der Waals surface area contributed by atoms with Crippen molar-refractivity contribution in [2.75, 3.05) is 19.7 Å². The van der Waals surface area contributed by atoms with E-state index in [0.29, 0.717) is 51.2 Å². The third-order valence-electron chi connectivity index (χ3n) is 8.06. The van der Waals surface area contributed by atoms with Gasteiger partial charge in [0.25, 0.3) is 11.6 Å². The average Bonchev–Trinajstić information content (AvgIpc) is 3.83. The Morgan fingerprint density at radius 1 is 0.936 bits per heavy atom. The lowest BCUT2D eigenvalue weighted by Gasteiger charge is -2.35. The molecule has 268 valence electrons. The van der Waals surface area contributed by atoms with E-state index in [2.05, 4.69) is 29.8 Å². The van der Waals surface area contributed by atoms with Gasteiger partial charge in [-0.15, -0.1) is 0 Å². The number of hydrogen-bond donors (Lipinski definition) is 4. The molecule has 47 heavy (non-hydrogen) atoms. The number of halogens is 2. The van der Waals surface area contributed by atoms with Gasteiger partial charge < -0.3 is 31.3 Å². The Bertz CT molecular complexity index is 1120. The SMILES string of the molecule is CC(C)(C)C(NC(=O)NCC(=O)OCC1CC1)C(=O)N1CCCC1C(=O)NC(CC1CC1)C(=O)C(N)=O.CCC.FC(F)(P)C1CC1. The number of carbonyl (C=O) groups excluding carboxylic acids is 6. The fraction of sp³-hybridized carbons (Fsp3) is 0.812. The number of Topliss-reactive ketones (excluding diaryl/α,β-unsaturated/α-hetero) is 1.